The fraction of sp³-hybridized carbons (Fsp3) is 0.333. The summed E-state index contributed by atoms with van der Waals surface area (Å²) in [6, 6.07) is 5.42. The summed E-state index contributed by atoms with van der Waals surface area (Å²) < 4.78 is 1.74. The maximum atomic E-state index is 9.59. The van der Waals surface area contributed by atoms with Gasteiger partial charge in [-0.3, -0.25) is 0 Å². The van der Waals surface area contributed by atoms with Gasteiger partial charge in [-0.15, -0.1) is 0 Å². The molecule has 0 amide bonds. The Morgan fingerprint density at radius 3 is 2.84 bits per heavy atom. The van der Waals surface area contributed by atoms with E-state index >= 15 is 0 Å². The van der Waals surface area contributed by atoms with Gasteiger partial charge in [0.1, 0.15) is 0 Å². The average molecular weight is 316 g/mol. The number of aliphatic hydroxyl groups excluding tert-OH is 1. The van der Waals surface area contributed by atoms with Crippen LogP contribution in [0.5, 0.6) is 0 Å². The molecule has 0 saturated heterocycles. The Hall–Kier alpha value is -0.750. The minimum absolute atomic E-state index is 0.365. The molecule has 2 heterocycles. The highest BCUT2D eigenvalue weighted by atomic mass is 35.5. The summed E-state index contributed by atoms with van der Waals surface area (Å²) in [6.45, 7) is 0.492. The number of hydrogen-bond donors (Lipinski definition) is 1. The van der Waals surface area contributed by atoms with E-state index in [2.05, 4.69) is 10.1 Å². The van der Waals surface area contributed by atoms with Crippen LogP contribution in [0.4, 0.5) is 0 Å². The summed E-state index contributed by atoms with van der Waals surface area (Å²) in [7, 11) is 0. The number of thioether (sulfide) groups is 1. The van der Waals surface area contributed by atoms with Crippen LogP contribution in [-0.4, -0.2) is 31.7 Å². The molecular formula is C12H11Cl2N3OS. The monoisotopic (exact) mass is 315 g/mol. The summed E-state index contributed by atoms with van der Waals surface area (Å²) in [5, 5.41) is 16.1. The van der Waals surface area contributed by atoms with Gasteiger partial charge < -0.3 is 5.11 Å². The second-order valence-electron chi connectivity index (χ2n) is 4.33. The number of hydrogen-bond acceptors (Lipinski definition) is 4. The molecule has 1 aromatic heterocycles. The number of rotatable bonds is 2. The largest absolute Gasteiger partial charge is 0.390 e. The summed E-state index contributed by atoms with van der Waals surface area (Å²) >= 11 is 13.8. The molecule has 4 nitrogen and oxygen atoms in total. The van der Waals surface area contributed by atoms with Gasteiger partial charge in [0.2, 0.25) is 0 Å². The van der Waals surface area contributed by atoms with Crippen molar-refractivity contribution >= 4 is 35.0 Å². The predicted octanol–water partition coefficient (Wildman–Crippen LogP) is 2.64. The van der Waals surface area contributed by atoms with Crippen LogP contribution in [0.25, 0.3) is 0 Å². The van der Waals surface area contributed by atoms with Crippen LogP contribution in [0.15, 0.2) is 23.4 Å². The zero-order chi connectivity index (χ0) is 13.4. The van der Waals surface area contributed by atoms with Gasteiger partial charge in [-0.1, -0.05) is 41.0 Å². The average Bonchev–Trinajstić information content (AvgIpc) is 2.75. The lowest BCUT2D eigenvalue weighted by atomic mass is 10.1. The highest BCUT2D eigenvalue weighted by Gasteiger charge is 2.21. The maximum absolute atomic E-state index is 9.59. The summed E-state index contributed by atoms with van der Waals surface area (Å²) in [5.74, 6) is 1.33. The van der Waals surface area contributed by atoms with E-state index in [4.69, 9.17) is 23.2 Å². The molecule has 0 saturated carbocycles. The van der Waals surface area contributed by atoms with Gasteiger partial charge in [-0.2, -0.15) is 5.10 Å². The minimum atomic E-state index is -0.365. The van der Waals surface area contributed by atoms with Crippen molar-refractivity contribution < 1.29 is 5.11 Å². The number of benzene rings is 1. The van der Waals surface area contributed by atoms with Crippen molar-refractivity contribution in [2.75, 3.05) is 5.75 Å². The van der Waals surface area contributed by atoms with Crippen LogP contribution in [-0.2, 0) is 13.0 Å². The van der Waals surface area contributed by atoms with E-state index in [1.165, 1.54) is 11.8 Å². The number of halogens is 2. The van der Waals surface area contributed by atoms with Gasteiger partial charge >= 0.3 is 0 Å². The highest BCUT2D eigenvalue weighted by Crippen LogP contribution is 2.28. The molecule has 0 radical (unpaired) electrons. The minimum Gasteiger partial charge on any atom is -0.390 e. The molecule has 0 aliphatic carbocycles. The van der Waals surface area contributed by atoms with Crippen molar-refractivity contribution in [1.82, 2.24) is 14.8 Å². The quantitative estimate of drug-likeness (QED) is 0.925. The molecule has 0 spiro atoms. The molecule has 0 fully saturated rings. The van der Waals surface area contributed by atoms with Crippen LogP contribution < -0.4 is 0 Å². The first kappa shape index (κ1) is 13.2. The molecule has 1 N–H and O–H groups in total. The molecule has 1 aromatic carbocycles. The van der Waals surface area contributed by atoms with Crippen LogP contribution in [0, 0.1) is 0 Å². The van der Waals surface area contributed by atoms with Crippen molar-refractivity contribution in [3.63, 3.8) is 0 Å². The molecule has 0 bridgehead atoms. The van der Waals surface area contributed by atoms with Gasteiger partial charge in [-0.25, -0.2) is 9.67 Å². The van der Waals surface area contributed by atoms with E-state index in [-0.39, 0.29) is 6.10 Å². The first-order chi connectivity index (χ1) is 9.13. The molecule has 0 unspecified atom stereocenters. The lowest BCUT2D eigenvalue weighted by Crippen LogP contribution is -2.24. The third-order valence-electron chi connectivity index (χ3n) is 2.87. The van der Waals surface area contributed by atoms with Gasteiger partial charge in [-0.05, 0) is 17.7 Å². The van der Waals surface area contributed by atoms with Gasteiger partial charge in [0.05, 0.1) is 12.6 Å². The second-order valence-corrected chi connectivity index (χ2v) is 6.14. The van der Waals surface area contributed by atoms with E-state index in [1.54, 1.807) is 16.8 Å². The standard InChI is InChI=1S/C12H11Cl2N3OS/c13-9-2-1-3-10(14)8(9)4-11-15-12-17(16-11)5-7(18)6-19-12/h1-3,7,18H,4-6H2/t7-/m0/s1. The molecule has 2 aromatic rings. The molecule has 1 atom stereocenters. The Bertz CT molecular complexity index is 597. The topological polar surface area (TPSA) is 50.9 Å². The van der Waals surface area contributed by atoms with Crippen molar-refractivity contribution in [2.24, 2.45) is 0 Å². The first-order valence-electron chi connectivity index (χ1n) is 5.81. The van der Waals surface area contributed by atoms with Crippen molar-refractivity contribution in [3.05, 3.63) is 39.6 Å². The zero-order valence-electron chi connectivity index (χ0n) is 9.88. The number of fused-ring (bicyclic) bond motifs is 1. The van der Waals surface area contributed by atoms with Crippen LogP contribution >= 0.6 is 35.0 Å². The molecule has 7 heteroatoms. The van der Waals surface area contributed by atoms with E-state index in [0.29, 0.717) is 34.6 Å². The lowest BCUT2D eigenvalue weighted by molar-refractivity contribution is 0.164. The number of aliphatic hydroxyl groups is 1. The summed E-state index contributed by atoms with van der Waals surface area (Å²) in [6.07, 6.45) is 0.130. The third-order valence-corrected chi connectivity index (χ3v) is 4.69. The maximum Gasteiger partial charge on any atom is 0.186 e. The lowest BCUT2D eigenvalue weighted by Gasteiger charge is -2.16. The van der Waals surface area contributed by atoms with Crippen LogP contribution in [0.2, 0.25) is 10.0 Å². The Balaban J connectivity index is 1.88. The Morgan fingerprint density at radius 1 is 1.37 bits per heavy atom. The molecule has 1 aliphatic heterocycles. The number of nitrogens with zero attached hydrogens (tertiary/aromatic N) is 3. The SMILES string of the molecule is O[C@@H]1CSc2nc(Cc3c(Cl)cccc3Cl)nn2C1. The van der Waals surface area contributed by atoms with Crippen molar-refractivity contribution in [1.29, 1.82) is 0 Å². The zero-order valence-corrected chi connectivity index (χ0v) is 12.2. The van der Waals surface area contributed by atoms with Crippen molar-refractivity contribution in [3.8, 4) is 0 Å². The number of aromatic nitrogens is 3. The Kier molecular flexibility index (Phi) is 3.71. The summed E-state index contributed by atoms with van der Waals surface area (Å²) in [5.41, 5.74) is 0.833. The van der Waals surface area contributed by atoms with Gasteiger partial charge in [0.15, 0.2) is 11.0 Å². The van der Waals surface area contributed by atoms with Crippen LogP contribution in [0.1, 0.15) is 11.4 Å². The van der Waals surface area contributed by atoms with E-state index < -0.39 is 0 Å². The molecule has 19 heavy (non-hydrogen) atoms. The Morgan fingerprint density at radius 2 is 2.11 bits per heavy atom. The van der Waals surface area contributed by atoms with E-state index in [0.717, 1.165) is 10.7 Å². The normalized spacial score (nSPS) is 18.4. The van der Waals surface area contributed by atoms with Crippen molar-refractivity contribution in [2.45, 2.75) is 24.2 Å². The molecule has 100 valence electrons. The third kappa shape index (κ3) is 2.74. The highest BCUT2D eigenvalue weighted by molar-refractivity contribution is 7.99. The fourth-order valence-corrected chi connectivity index (χ4v) is 3.37. The fourth-order valence-electron chi connectivity index (χ4n) is 1.96. The summed E-state index contributed by atoms with van der Waals surface area (Å²) in [4.78, 5) is 4.45. The molecule has 1 aliphatic rings. The Labute approximate surface area is 124 Å². The molecule has 3 rings (SSSR count). The van der Waals surface area contributed by atoms with Gasteiger partial charge in [0.25, 0.3) is 0 Å². The molecular weight excluding hydrogens is 305 g/mol. The van der Waals surface area contributed by atoms with E-state index in [1.807, 2.05) is 6.07 Å². The predicted molar refractivity (Wildman–Crippen MR) is 76.0 cm³/mol. The van der Waals surface area contributed by atoms with E-state index in [9.17, 15) is 5.11 Å². The first-order valence-corrected chi connectivity index (χ1v) is 7.55. The van der Waals surface area contributed by atoms with Crippen LogP contribution in [0.3, 0.4) is 0 Å². The second kappa shape index (κ2) is 5.32. The van der Waals surface area contributed by atoms with Gasteiger partial charge in [0, 0.05) is 22.2 Å². The smallest absolute Gasteiger partial charge is 0.186 e.